The molecule has 0 rings (SSSR count). The SMILES string of the molecule is C=CCCCCCC(OC(=O)NC(C)(C)C)C(=O)O. The Balaban J connectivity index is 4.08. The number of ether oxygens (including phenoxy) is 1. The van der Waals surface area contributed by atoms with Crippen LogP contribution in [0.4, 0.5) is 4.79 Å². The first-order valence-electron chi connectivity index (χ1n) is 6.59. The summed E-state index contributed by atoms with van der Waals surface area (Å²) in [6.07, 6.45) is 3.92. The third-order valence-electron chi connectivity index (χ3n) is 2.38. The molecule has 0 radical (unpaired) electrons. The maximum atomic E-state index is 11.5. The molecule has 5 heteroatoms. The molecule has 19 heavy (non-hydrogen) atoms. The van der Waals surface area contributed by atoms with Gasteiger partial charge in [0.1, 0.15) is 0 Å². The summed E-state index contributed by atoms with van der Waals surface area (Å²) in [6, 6.07) is 0. The summed E-state index contributed by atoms with van der Waals surface area (Å²) >= 11 is 0. The van der Waals surface area contributed by atoms with E-state index >= 15 is 0 Å². The molecule has 2 N–H and O–H groups in total. The third kappa shape index (κ3) is 10.1. The second-order valence-corrected chi connectivity index (χ2v) is 5.53. The van der Waals surface area contributed by atoms with Gasteiger partial charge in [0.15, 0.2) is 0 Å². The highest BCUT2D eigenvalue weighted by Gasteiger charge is 2.23. The van der Waals surface area contributed by atoms with Gasteiger partial charge in [0.2, 0.25) is 6.10 Å². The number of unbranched alkanes of at least 4 members (excludes halogenated alkanes) is 3. The minimum Gasteiger partial charge on any atom is -0.479 e. The lowest BCUT2D eigenvalue weighted by molar-refractivity contribution is -0.147. The molecule has 0 saturated heterocycles. The number of nitrogens with one attached hydrogen (secondary N) is 1. The standard InChI is InChI=1S/C14H25NO4/c1-5-6-7-8-9-10-11(12(16)17)19-13(18)15-14(2,3)4/h5,11H,1,6-10H2,2-4H3,(H,15,18)(H,16,17). The van der Waals surface area contributed by atoms with Crippen LogP contribution in [0.5, 0.6) is 0 Å². The van der Waals surface area contributed by atoms with Crippen molar-refractivity contribution in [2.45, 2.75) is 64.5 Å². The highest BCUT2D eigenvalue weighted by molar-refractivity contribution is 5.77. The first-order valence-corrected chi connectivity index (χ1v) is 6.59. The number of hydrogen-bond donors (Lipinski definition) is 2. The Morgan fingerprint density at radius 3 is 2.42 bits per heavy atom. The van der Waals surface area contributed by atoms with Crippen LogP contribution < -0.4 is 5.32 Å². The Kier molecular flexibility index (Phi) is 7.87. The van der Waals surface area contributed by atoms with Crippen LogP contribution in [0.2, 0.25) is 0 Å². The molecule has 0 spiro atoms. The van der Waals surface area contributed by atoms with Crippen LogP contribution in [-0.2, 0) is 9.53 Å². The monoisotopic (exact) mass is 271 g/mol. The maximum Gasteiger partial charge on any atom is 0.408 e. The van der Waals surface area contributed by atoms with E-state index in [2.05, 4.69) is 11.9 Å². The molecular formula is C14H25NO4. The summed E-state index contributed by atoms with van der Waals surface area (Å²) in [5.41, 5.74) is -0.440. The first-order chi connectivity index (χ1) is 8.76. The van der Waals surface area contributed by atoms with Gasteiger partial charge in [0, 0.05) is 5.54 Å². The number of aliphatic carboxylic acids is 1. The van der Waals surface area contributed by atoms with Gasteiger partial charge in [-0.1, -0.05) is 12.5 Å². The fraction of sp³-hybridized carbons (Fsp3) is 0.714. The Bertz CT molecular complexity index is 307. The summed E-state index contributed by atoms with van der Waals surface area (Å²) in [4.78, 5) is 22.5. The van der Waals surface area contributed by atoms with Crippen LogP contribution in [0.15, 0.2) is 12.7 Å². The molecule has 0 saturated carbocycles. The van der Waals surface area contributed by atoms with Gasteiger partial charge in [-0.3, -0.25) is 0 Å². The van der Waals surface area contributed by atoms with E-state index < -0.39 is 23.7 Å². The Labute approximate surface area is 115 Å². The number of alkyl carbamates (subject to hydrolysis) is 1. The number of carboxylic acids is 1. The van der Waals surface area contributed by atoms with E-state index in [1.165, 1.54) is 0 Å². The van der Waals surface area contributed by atoms with E-state index in [4.69, 9.17) is 9.84 Å². The van der Waals surface area contributed by atoms with Gasteiger partial charge in [-0.05, 0) is 46.5 Å². The highest BCUT2D eigenvalue weighted by Crippen LogP contribution is 2.10. The number of rotatable bonds is 8. The summed E-state index contributed by atoms with van der Waals surface area (Å²) in [5, 5.41) is 11.6. The van der Waals surface area contributed by atoms with Gasteiger partial charge in [-0.15, -0.1) is 6.58 Å². The van der Waals surface area contributed by atoms with Crippen molar-refractivity contribution in [3.63, 3.8) is 0 Å². The number of amides is 1. The fourth-order valence-corrected chi connectivity index (χ4v) is 1.49. The van der Waals surface area contributed by atoms with E-state index in [0.717, 1.165) is 19.3 Å². The number of carbonyl (C=O) groups excluding carboxylic acids is 1. The number of carboxylic acid groups (broad SMARTS) is 1. The van der Waals surface area contributed by atoms with Crippen LogP contribution in [-0.4, -0.2) is 28.8 Å². The quantitative estimate of drug-likeness (QED) is 0.525. The molecule has 0 aliphatic rings. The van der Waals surface area contributed by atoms with E-state index in [-0.39, 0.29) is 0 Å². The molecule has 5 nitrogen and oxygen atoms in total. The van der Waals surface area contributed by atoms with Crippen molar-refractivity contribution >= 4 is 12.1 Å². The lowest BCUT2D eigenvalue weighted by Gasteiger charge is -2.22. The third-order valence-corrected chi connectivity index (χ3v) is 2.38. The van der Waals surface area contributed by atoms with E-state index in [1.54, 1.807) is 20.8 Å². The lowest BCUT2D eigenvalue weighted by Crippen LogP contribution is -2.43. The second kappa shape index (κ2) is 8.56. The molecule has 0 aliphatic heterocycles. The Morgan fingerprint density at radius 2 is 1.95 bits per heavy atom. The molecule has 0 fully saturated rings. The molecular weight excluding hydrogens is 246 g/mol. The average Bonchev–Trinajstić information content (AvgIpc) is 2.24. The molecule has 0 aromatic carbocycles. The largest absolute Gasteiger partial charge is 0.479 e. The van der Waals surface area contributed by atoms with Gasteiger partial charge in [-0.25, -0.2) is 9.59 Å². The predicted molar refractivity (Wildman–Crippen MR) is 74.1 cm³/mol. The summed E-state index contributed by atoms with van der Waals surface area (Å²) in [7, 11) is 0. The molecule has 0 aromatic rings. The molecule has 110 valence electrons. The van der Waals surface area contributed by atoms with Gasteiger partial charge < -0.3 is 15.2 Å². The van der Waals surface area contributed by atoms with Crippen molar-refractivity contribution in [1.82, 2.24) is 5.32 Å². The molecule has 1 amide bonds. The summed E-state index contributed by atoms with van der Waals surface area (Å²) < 4.78 is 4.92. The summed E-state index contributed by atoms with van der Waals surface area (Å²) in [6.45, 7) is 9.04. The van der Waals surface area contributed by atoms with Gasteiger partial charge >= 0.3 is 12.1 Å². The Hall–Kier alpha value is -1.52. The predicted octanol–water partition coefficient (Wildman–Crippen LogP) is 3.10. The van der Waals surface area contributed by atoms with Crippen LogP contribution in [0.1, 0.15) is 52.9 Å². The zero-order valence-electron chi connectivity index (χ0n) is 12.1. The maximum absolute atomic E-state index is 11.5. The second-order valence-electron chi connectivity index (χ2n) is 5.53. The summed E-state index contributed by atoms with van der Waals surface area (Å²) in [5.74, 6) is -1.10. The van der Waals surface area contributed by atoms with Gasteiger partial charge in [0.25, 0.3) is 0 Å². The van der Waals surface area contributed by atoms with Crippen molar-refractivity contribution in [3.8, 4) is 0 Å². The zero-order valence-corrected chi connectivity index (χ0v) is 12.1. The lowest BCUT2D eigenvalue weighted by atomic mass is 10.1. The minimum atomic E-state index is -1.10. The van der Waals surface area contributed by atoms with Crippen LogP contribution in [0, 0.1) is 0 Å². The van der Waals surface area contributed by atoms with Crippen LogP contribution >= 0.6 is 0 Å². The number of hydrogen-bond acceptors (Lipinski definition) is 3. The molecule has 0 aliphatic carbocycles. The van der Waals surface area contributed by atoms with Crippen molar-refractivity contribution in [2.75, 3.05) is 0 Å². The van der Waals surface area contributed by atoms with Crippen molar-refractivity contribution < 1.29 is 19.4 Å². The molecule has 0 bridgehead atoms. The normalized spacial score (nSPS) is 12.6. The van der Waals surface area contributed by atoms with Crippen molar-refractivity contribution in [1.29, 1.82) is 0 Å². The molecule has 1 atom stereocenters. The Morgan fingerprint density at radius 1 is 1.32 bits per heavy atom. The van der Waals surface area contributed by atoms with Crippen LogP contribution in [0.3, 0.4) is 0 Å². The van der Waals surface area contributed by atoms with E-state index in [0.29, 0.717) is 12.8 Å². The van der Waals surface area contributed by atoms with Crippen molar-refractivity contribution in [3.05, 3.63) is 12.7 Å². The van der Waals surface area contributed by atoms with Gasteiger partial charge in [0.05, 0.1) is 0 Å². The highest BCUT2D eigenvalue weighted by atomic mass is 16.6. The zero-order chi connectivity index (χ0) is 14.9. The van der Waals surface area contributed by atoms with Crippen LogP contribution in [0.25, 0.3) is 0 Å². The van der Waals surface area contributed by atoms with E-state index in [9.17, 15) is 9.59 Å². The topological polar surface area (TPSA) is 75.6 Å². The fourth-order valence-electron chi connectivity index (χ4n) is 1.49. The smallest absolute Gasteiger partial charge is 0.408 e. The van der Waals surface area contributed by atoms with Gasteiger partial charge in [-0.2, -0.15) is 0 Å². The minimum absolute atomic E-state index is 0.337. The average molecular weight is 271 g/mol. The molecule has 1 unspecified atom stereocenters. The van der Waals surface area contributed by atoms with E-state index in [1.807, 2.05) is 6.08 Å². The number of allylic oxidation sites excluding steroid dienone is 1. The molecule has 0 aromatic heterocycles. The first kappa shape index (κ1) is 17.5. The number of carbonyl (C=O) groups is 2. The van der Waals surface area contributed by atoms with Crippen molar-refractivity contribution in [2.24, 2.45) is 0 Å². The molecule has 0 heterocycles.